The quantitative estimate of drug-likeness (QED) is 0.465. The fourth-order valence-corrected chi connectivity index (χ4v) is 3.23. The first-order chi connectivity index (χ1) is 14.7. The second-order valence-electron chi connectivity index (χ2n) is 6.78. The van der Waals surface area contributed by atoms with Gasteiger partial charge < -0.3 is 14.7 Å². The van der Waals surface area contributed by atoms with Gasteiger partial charge in [-0.05, 0) is 36.4 Å². The average molecular weight is 399 g/mol. The van der Waals surface area contributed by atoms with Gasteiger partial charge in [0.05, 0.1) is 23.8 Å². The molecule has 0 radical (unpaired) electrons. The summed E-state index contributed by atoms with van der Waals surface area (Å²) >= 11 is 0. The highest BCUT2D eigenvalue weighted by atomic mass is 16.5. The van der Waals surface area contributed by atoms with Crippen molar-refractivity contribution in [2.24, 2.45) is 0 Å². The van der Waals surface area contributed by atoms with E-state index in [0.29, 0.717) is 17.1 Å². The van der Waals surface area contributed by atoms with E-state index in [4.69, 9.17) is 4.52 Å². The molecular formula is C21H17N7O2. The van der Waals surface area contributed by atoms with E-state index in [1.807, 2.05) is 36.4 Å². The maximum absolute atomic E-state index is 12.6. The van der Waals surface area contributed by atoms with Crippen molar-refractivity contribution in [2.45, 2.75) is 6.42 Å². The number of aromatic amines is 1. The van der Waals surface area contributed by atoms with E-state index < -0.39 is 0 Å². The summed E-state index contributed by atoms with van der Waals surface area (Å²) in [5, 5.41) is 15.3. The monoisotopic (exact) mass is 399 g/mol. The molecule has 0 aliphatic heterocycles. The van der Waals surface area contributed by atoms with Gasteiger partial charge in [-0.25, -0.2) is 0 Å². The molecule has 0 aliphatic carbocycles. The third kappa shape index (κ3) is 3.22. The number of H-pyrrole nitrogens is 1. The normalized spacial score (nSPS) is 11.1. The summed E-state index contributed by atoms with van der Waals surface area (Å²) in [5.41, 5.74) is 4.27. The number of likely N-dealkylation sites (N-methyl/N-ethyl adjacent to an activating group) is 1. The molecule has 30 heavy (non-hydrogen) atoms. The number of nitrogens with zero attached hydrogens (tertiary/aromatic N) is 5. The zero-order chi connectivity index (χ0) is 20.5. The first-order valence-electron chi connectivity index (χ1n) is 9.30. The van der Waals surface area contributed by atoms with Crippen LogP contribution in [0.25, 0.3) is 22.0 Å². The number of hydrogen-bond acceptors (Lipinski definition) is 7. The van der Waals surface area contributed by atoms with Gasteiger partial charge in [-0.2, -0.15) is 5.10 Å². The fraction of sp³-hybridized carbons (Fsp3) is 0.0952. The Kier molecular flexibility index (Phi) is 4.32. The maximum Gasteiger partial charge on any atom is 0.232 e. The van der Waals surface area contributed by atoms with Gasteiger partial charge in [0.15, 0.2) is 11.4 Å². The Labute approximate surface area is 170 Å². The van der Waals surface area contributed by atoms with Crippen molar-refractivity contribution in [2.75, 3.05) is 17.3 Å². The lowest BCUT2D eigenvalue weighted by atomic mass is 10.1. The van der Waals surface area contributed by atoms with Gasteiger partial charge in [0, 0.05) is 36.6 Å². The molecule has 0 saturated carbocycles. The van der Waals surface area contributed by atoms with Crippen molar-refractivity contribution < 1.29 is 9.32 Å². The number of fused-ring (bicyclic) bond motifs is 2. The van der Waals surface area contributed by atoms with E-state index >= 15 is 0 Å². The summed E-state index contributed by atoms with van der Waals surface area (Å²) in [6, 6.07) is 13.0. The molecule has 1 aromatic carbocycles. The van der Waals surface area contributed by atoms with Crippen molar-refractivity contribution in [3.63, 3.8) is 0 Å². The molecule has 0 unspecified atom stereocenters. The third-order valence-electron chi connectivity index (χ3n) is 4.86. The predicted molar refractivity (Wildman–Crippen MR) is 113 cm³/mol. The molecule has 2 N–H and O–H groups in total. The van der Waals surface area contributed by atoms with E-state index in [0.717, 1.165) is 27.8 Å². The van der Waals surface area contributed by atoms with E-state index in [2.05, 4.69) is 30.6 Å². The number of rotatable bonds is 5. The van der Waals surface area contributed by atoms with E-state index in [1.165, 1.54) is 0 Å². The number of carbonyl (C=O) groups excluding carboxylic acids is 1. The van der Waals surface area contributed by atoms with Gasteiger partial charge in [0.1, 0.15) is 11.2 Å². The number of benzene rings is 1. The molecule has 148 valence electrons. The van der Waals surface area contributed by atoms with E-state index in [9.17, 15) is 4.79 Å². The molecule has 9 heteroatoms. The molecule has 4 aromatic heterocycles. The predicted octanol–water partition coefficient (Wildman–Crippen LogP) is 3.44. The molecule has 0 saturated heterocycles. The van der Waals surface area contributed by atoms with E-state index in [1.54, 1.807) is 36.6 Å². The largest absolute Gasteiger partial charge is 0.356 e. The number of nitrogens with one attached hydrogen (secondary N) is 2. The molecule has 0 spiro atoms. The van der Waals surface area contributed by atoms with Gasteiger partial charge in [-0.1, -0.05) is 5.16 Å². The molecule has 9 nitrogen and oxygen atoms in total. The molecular weight excluding hydrogens is 382 g/mol. The molecule has 0 aliphatic rings. The Morgan fingerprint density at radius 1 is 1.20 bits per heavy atom. The van der Waals surface area contributed by atoms with Crippen LogP contribution in [-0.4, -0.2) is 38.3 Å². The van der Waals surface area contributed by atoms with E-state index in [-0.39, 0.29) is 12.3 Å². The summed E-state index contributed by atoms with van der Waals surface area (Å²) in [6.07, 6.45) is 5.15. The van der Waals surface area contributed by atoms with Crippen LogP contribution in [0.15, 0.2) is 65.6 Å². The maximum atomic E-state index is 12.6. The molecule has 0 fully saturated rings. The molecule has 0 atom stereocenters. The van der Waals surface area contributed by atoms with Crippen molar-refractivity contribution in [1.82, 2.24) is 25.3 Å². The first-order valence-corrected chi connectivity index (χ1v) is 9.30. The number of amides is 1. The first kappa shape index (κ1) is 17.8. The SMILES string of the molecule is CN(C(=O)Cc1noc2cc(Nc3n[nH]c4cccnc34)ccc12)c1cccnc1. The molecule has 0 bridgehead atoms. The van der Waals surface area contributed by atoms with Crippen LogP contribution in [0.1, 0.15) is 5.69 Å². The summed E-state index contributed by atoms with van der Waals surface area (Å²) in [6.45, 7) is 0. The third-order valence-corrected chi connectivity index (χ3v) is 4.86. The van der Waals surface area contributed by atoms with Crippen LogP contribution >= 0.6 is 0 Å². The number of pyridine rings is 2. The minimum atomic E-state index is -0.102. The van der Waals surface area contributed by atoms with Crippen molar-refractivity contribution >= 4 is 45.1 Å². The minimum absolute atomic E-state index is 0.102. The van der Waals surface area contributed by atoms with Gasteiger partial charge >= 0.3 is 0 Å². The Bertz CT molecular complexity index is 1340. The van der Waals surface area contributed by atoms with Crippen molar-refractivity contribution in [3.8, 4) is 0 Å². The smallest absolute Gasteiger partial charge is 0.232 e. The number of anilines is 3. The highest BCUT2D eigenvalue weighted by Gasteiger charge is 2.17. The van der Waals surface area contributed by atoms with Gasteiger partial charge in [0.2, 0.25) is 5.91 Å². The zero-order valence-corrected chi connectivity index (χ0v) is 16.0. The van der Waals surface area contributed by atoms with Crippen molar-refractivity contribution in [3.05, 3.63) is 66.7 Å². The Morgan fingerprint density at radius 3 is 2.97 bits per heavy atom. The summed E-state index contributed by atoms with van der Waals surface area (Å²) < 4.78 is 5.47. The lowest BCUT2D eigenvalue weighted by Gasteiger charge is -2.15. The van der Waals surface area contributed by atoms with Crippen molar-refractivity contribution in [1.29, 1.82) is 0 Å². The Balaban J connectivity index is 1.37. The molecule has 4 heterocycles. The number of aromatic nitrogens is 5. The minimum Gasteiger partial charge on any atom is -0.356 e. The molecule has 5 rings (SSSR count). The van der Waals surface area contributed by atoms with Crippen LogP contribution in [0.5, 0.6) is 0 Å². The second kappa shape index (κ2) is 7.28. The summed E-state index contributed by atoms with van der Waals surface area (Å²) in [5.74, 6) is 0.521. The van der Waals surface area contributed by atoms with Gasteiger partial charge in [0.25, 0.3) is 0 Å². The Hall–Kier alpha value is -4.27. The van der Waals surface area contributed by atoms with Crippen LogP contribution < -0.4 is 10.2 Å². The van der Waals surface area contributed by atoms with Crippen LogP contribution in [-0.2, 0) is 11.2 Å². The highest BCUT2D eigenvalue weighted by molar-refractivity contribution is 5.96. The fourth-order valence-electron chi connectivity index (χ4n) is 3.23. The van der Waals surface area contributed by atoms with Crippen LogP contribution in [0.3, 0.4) is 0 Å². The second-order valence-corrected chi connectivity index (χ2v) is 6.78. The molecule has 1 amide bonds. The number of carbonyl (C=O) groups is 1. The lowest BCUT2D eigenvalue weighted by molar-refractivity contribution is -0.117. The van der Waals surface area contributed by atoms with Crippen LogP contribution in [0.4, 0.5) is 17.2 Å². The summed E-state index contributed by atoms with van der Waals surface area (Å²) in [4.78, 5) is 22.6. The lowest BCUT2D eigenvalue weighted by Crippen LogP contribution is -2.28. The topological polar surface area (TPSA) is 113 Å². The number of hydrogen-bond donors (Lipinski definition) is 2. The standard InChI is InChI=1S/C21H17N7O2/c1-28(14-4-2-8-22-12-14)19(29)11-17-15-7-6-13(10-18(15)30-27-17)24-21-20-16(25-26-21)5-3-9-23-20/h2-10,12H,11H2,1H3,(H2,24,25,26). The zero-order valence-electron chi connectivity index (χ0n) is 16.0. The molecule has 5 aromatic rings. The Morgan fingerprint density at radius 2 is 2.10 bits per heavy atom. The van der Waals surface area contributed by atoms with Crippen LogP contribution in [0, 0.1) is 0 Å². The van der Waals surface area contributed by atoms with Crippen LogP contribution in [0.2, 0.25) is 0 Å². The van der Waals surface area contributed by atoms with Gasteiger partial charge in [-0.15, -0.1) is 0 Å². The van der Waals surface area contributed by atoms with Gasteiger partial charge in [-0.3, -0.25) is 19.9 Å². The highest BCUT2D eigenvalue weighted by Crippen LogP contribution is 2.27. The summed E-state index contributed by atoms with van der Waals surface area (Å²) in [7, 11) is 1.71. The average Bonchev–Trinajstić information content (AvgIpc) is 3.38.